The van der Waals surface area contributed by atoms with Crippen molar-refractivity contribution in [1.29, 1.82) is 0 Å². The van der Waals surface area contributed by atoms with E-state index >= 15 is 0 Å². The summed E-state index contributed by atoms with van der Waals surface area (Å²) in [7, 11) is 1.83. The Morgan fingerprint density at radius 3 is 3.04 bits per heavy atom. The fourth-order valence-electron chi connectivity index (χ4n) is 3.50. The standard InChI is InChI=1S/C18H24N4O2/c1-12-10-14(12)15-7-5-13(24-15)6-8-18(23)21(2)11-17-20-19-16-4-3-9-22(16)17/h5,7,12,14H,3-4,6,8-11H2,1-2H3/t12-,14+/m1/s1. The van der Waals surface area contributed by atoms with Crippen LogP contribution in [0.4, 0.5) is 0 Å². The van der Waals surface area contributed by atoms with Crippen LogP contribution in [-0.4, -0.2) is 32.6 Å². The Morgan fingerprint density at radius 1 is 1.42 bits per heavy atom. The van der Waals surface area contributed by atoms with Crippen molar-refractivity contribution in [3.05, 3.63) is 35.3 Å². The summed E-state index contributed by atoms with van der Waals surface area (Å²) in [6.07, 6.45) is 4.45. The van der Waals surface area contributed by atoms with Gasteiger partial charge in [-0.3, -0.25) is 4.79 Å². The van der Waals surface area contributed by atoms with Gasteiger partial charge in [0.1, 0.15) is 17.3 Å². The molecule has 2 atom stereocenters. The zero-order valence-electron chi connectivity index (χ0n) is 14.4. The van der Waals surface area contributed by atoms with E-state index in [1.807, 2.05) is 13.1 Å². The fourth-order valence-corrected chi connectivity index (χ4v) is 3.50. The third kappa shape index (κ3) is 2.97. The topological polar surface area (TPSA) is 64.2 Å². The van der Waals surface area contributed by atoms with Crippen LogP contribution < -0.4 is 0 Å². The highest BCUT2D eigenvalue weighted by Crippen LogP contribution is 2.47. The molecule has 2 aromatic heterocycles. The molecule has 1 aliphatic carbocycles. The summed E-state index contributed by atoms with van der Waals surface area (Å²) in [6.45, 7) is 3.73. The van der Waals surface area contributed by atoms with E-state index in [4.69, 9.17) is 4.42 Å². The van der Waals surface area contributed by atoms with Gasteiger partial charge in [0.2, 0.25) is 5.91 Å². The summed E-state index contributed by atoms with van der Waals surface area (Å²) in [4.78, 5) is 14.1. The Hall–Kier alpha value is -2.11. The van der Waals surface area contributed by atoms with Gasteiger partial charge in [-0.2, -0.15) is 0 Å². The minimum absolute atomic E-state index is 0.114. The molecule has 0 unspecified atom stereocenters. The Bertz CT molecular complexity index is 748. The van der Waals surface area contributed by atoms with Gasteiger partial charge in [-0.05, 0) is 30.9 Å². The number of hydrogen-bond acceptors (Lipinski definition) is 4. The van der Waals surface area contributed by atoms with Crippen LogP contribution in [0, 0.1) is 5.92 Å². The Balaban J connectivity index is 1.30. The zero-order valence-corrected chi connectivity index (χ0v) is 14.4. The molecule has 0 spiro atoms. The average molecular weight is 328 g/mol. The van der Waals surface area contributed by atoms with Crippen molar-refractivity contribution in [2.45, 2.75) is 58.0 Å². The predicted octanol–water partition coefficient (Wildman–Crippen LogP) is 2.53. The van der Waals surface area contributed by atoms with Crippen LogP contribution in [0.1, 0.15) is 55.3 Å². The molecule has 6 heteroatoms. The first-order chi connectivity index (χ1) is 11.6. The van der Waals surface area contributed by atoms with E-state index in [1.165, 1.54) is 6.42 Å². The molecule has 2 aromatic rings. The van der Waals surface area contributed by atoms with Crippen LogP contribution in [-0.2, 0) is 30.7 Å². The molecule has 4 rings (SSSR count). The Morgan fingerprint density at radius 2 is 2.25 bits per heavy atom. The van der Waals surface area contributed by atoms with E-state index in [1.54, 1.807) is 4.90 Å². The number of aromatic nitrogens is 3. The quantitative estimate of drug-likeness (QED) is 0.817. The van der Waals surface area contributed by atoms with Gasteiger partial charge in [0.05, 0.1) is 6.54 Å². The molecule has 1 fully saturated rings. The minimum atomic E-state index is 0.114. The van der Waals surface area contributed by atoms with Crippen molar-refractivity contribution >= 4 is 5.91 Å². The molecular weight excluding hydrogens is 304 g/mol. The Labute approximate surface area is 141 Å². The fraction of sp³-hybridized carbons (Fsp3) is 0.611. The van der Waals surface area contributed by atoms with Crippen LogP contribution in [0.5, 0.6) is 0 Å². The molecular formula is C18H24N4O2. The molecule has 0 radical (unpaired) electrons. The third-order valence-electron chi connectivity index (χ3n) is 5.23. The van der Waals surface area contributed by atoms with Gasteiger partial charge in [0.15, 0.2) is 5.82 Å². The number of amides is 1. The molecule has 6 nitrogen and oxygen atoms in total. The largest absolute Gasteiger partial charge is 0.466 e. The monoisotopic (exact) mass is 328 g/mol. The smallest absolute Gasteiger partial charge is 0.223 e. The summed E-state index contributed by atoms with van der Waals surface area (Å²) >= 11 is 0. The van der Waals surface area contributed by atoms with Gasteiger partial charge in [-0.15, -0.1) is 10.2 Å². The molecule has 0 bridgehead atoms. The van der Waals surface area contributed by atoms with Gasteiger partial charge in [-0.1, -0.05) is 6.92 Å². The van der Waals surface area contributed by atoms with Gasteiger partial charge < -0.3 is 13.9 Å². The second kappa shape index (κ2) is 6.07. The van der Waals surface area contributed by atoms with Crippen molar-refractivity contribution < 1.29 is 9.21 Å². The molecule has 0 saturated heterocycles. The summed E-state index contributed by atoms with van der Waals surface area (Å²) in [5.41, 5.74) is 0. The second-order valence-electron chi connectivity index (χ2n) is 7.16. The molecule has 0 N–H and O–H groups in total. The summed E-state index contributed by atoms with van der Waals surface area (Å²) in [6, 6.07) is 4.08. The highest BCUT2D eigenvalue weighted by atomic mass is 16.3. The molecule has 3 heterocycles. The number of carbonyl (C=O) groups excluding carboxylic acids is 1. The molecule has 1 amide bonds. The lowest BCUT2D eigenvalue weighted by Gasteiger charge is -2.16. The molecule has 24 heavy (non-hydrogen) atoms. The van der Waals surface area contributed by atoms with E-state index in [-0.39, 0.29) is 5.91 Å². The van der Waals surface area contributed by atoms with E-state index in [2.05, 4.69) is 27.8 Å². The number of carbonyl (C=O) groups is 1. The number of rotatable bonds is 6. The molecule has 0 aromatic carbocycles. The molecule has 1 saturated carbocycles. The number of furan rings is 1. The maximum absolute atomic E-state index is 12.4. The van der Waals surface area contributed by atoms with Crippen LogP contribution in [0.2, 0.25) is 0 Å². The summed E-state index contributed by atoms with van der Waals surface area (Å²) < 4.78 is 8.02. The number of fused-ring (bicyclic) bond motifs is 1. The molecule has 2 aliphatic rings. The van der Waals surface area contributed by atoms with Gasteiger partial charge in [0, 0.05) is 38.8 Å². The van der Waals surface area contributed by atoms with Gasteiger partial charge in [-0.25, -0.2) is 0 Å². The van der Waals surface area contributed by atoms with Crippen molar-refractivity contribution in [2.75, 3.05) is 7.05 Å². The SMILES string of the molecule is C[C@@H]1C[C@@H]1c1ccc(CCC(=O)N(C)Cc2nnc3n2CCC3)o1. The number of hydrogen-bond donors (Lipinski definition) is 0. The predicted molar refractivity (Wildman–Crippen MR) is 88.4 cm³/mol. The lowest BCUT2D eigenvalue weighted by atomic mass is 10.2. The highest BCUT2D eigenvalue weighted by molar-refractivity contribution is 5.76. The number of nitrogens with zero attached hydrogens (tertiary/aromatic N) is 4. The average Bonchev–Trinajstić information content (AvgIpc) is 3.00. The van der Waals surface area contributed by atoms with E-state index in [0.717, 1.165) is 48.5 Å². The van der Waals surface area contributed by atoms with Gasteiger partial charge in [0.25, 0.3) is 0 Å². The third-order valence-corrected chi connectivity index (χ3v) is 5.23. The lowest BCUT2D eigenvalue weighted by molar-refractivity contribution is -0.130. The number of aryl methyl sites for hydroxylation is 2. The van der Waals surface area contributed by atoms with Crippen LogP contribution in [0.3, 0.4) is 0 Å². The molecule has 128 valence electrons. The van der Waals surface area contributed by atoms with Crippen LogP contribution >= 0.6 is 0 Å². The second-order valence-corrected chi connectivity index (χ2v) is 7.16. The maximum Gasteiger partial charge on any atom is 0.223 e. The maximum atomic E-state index is 12.4. The summed E-state index contributed by atoms with van der Waals surface area (Å²) in [5.74, 6) is 5.37. The first kappa shape index (κ1) is 15.4. The van der Waals surface area contributed by atoms with Crippen molar-refractivity contribution in [2.24, 2.45) is 5.92 Å². The normalized spacial score (nSPS) is 21.8. The Kier molecular flexibility index (Phi) is 3.90. The van der Waals surface area contributed by atoms with Gasteiger partial charge >= 0.3 is 0 Å². The van der Waals surface area contributed by atoms with Crippen LogP contribution in [0.15, 0.2) is 16.5 Å². The van der Waals surface area contributed by atoms with Crippen LogP contribution in [0.25, 0.3) is 0 Å². The van der Waals surface area contributed by atoms with Crippen molar-refractivity contribution in [3.63, 3.8) is 0 Å². The highest BCUT2D eigenvalue weighted by Gasteiger charge is 2.36. The van der Waals surface area contributed by atoms with Crippen molar-refractivity contribution in [1.82, 2.24) is 19.7 Å². The first-order valence-electron chi connectivity index (χ1n) is 8.85. The first-order valence-corrected chi connectivity index (χ1v) is 8.85. The zero-order chi connectivity index (χ0) is 16.7. The van der Waals surface area contributed by atoms with Crippen molar-refractivity contribution in [3.8, 4) is 0 Å². The van der Waals surface area contributed by atoms with E-state index in [9.17, 15) is 4.79 Å². The van der Waals surface area contributed by atoms with E-state index in [0.29, 0.717) is 25.3 Å². The summed E-state index contributed by atoms with van der Waals surface area (Å²) in [5, 5.41) is 8.41. The van der Waals surface area contributed by atoms with E-state index < -0.39 is 0 Å². The molecule has 1 aliphatic heterocycles. The lowest BCUT2D eigenvalue weighted by Crippen LogP contribution is -2.27. The minimum Gasteiger partial charge on any atom is -0.466 e.